The summed E-state index contributed by atoms with van der Waals surface area (Å²) in [5.41, 5.74) is 0.356. The fraction of sp³-hybridized carbons (Fsp3) is 0.421. The molecule has 144 valence electrons. The number of piperazine rings is 1. The number of likely N-dealkylation sites (N-methyl/N-ethyl adjacent to an activating group) is 1. The molecule has 1 aliphatic heterocycles. The molecular weight excluding hydrogens is 351 g/mol. The second kappa shape index (κ2) is 8.77. The van der Waals surface area contributed by atoms with Gasteiger partial charge in [0.15, 0.2) is 11.7 Å². The summed E-state index contributed by atoms with van der Waals surface area (Å²) in [5, 5.41) is 2.60. The van der Waals surface area contributed by atoms with Crippen molar-refractivity contribution < 1.29 is 18.4 Å². The third kappa shape index (κ3) is 4.91. The van der Waals surface area contributed by atoms with Crippen LogP contribution in [-0.2, 0) is 16.0 Å². The van der Waals surface area contributed by atoms with Crippen molar-refractivity contribution in [3.63, 3.8) is 0 Å². The van der Waals surface area contributed by atoms with Crippen molar-refractivity contribution >= 4 is 11.8 Å². The molecule has 2 aromatic rings. The van der Waals surface area contributed by atoms with Crippen LogP contribution in [0.2, 0.25) is 0 Å². The van der Waals surface area contributed by atoms with Gasteiger partial charge in [-0.05, 0) is 12.1 Å². The highest BCUT2D eigenvalue weighted by Crippen LogP contribution is 2.23. The van der Waals surface area contributed by atoms with E-state index in [1.165, 1.54) is 12.3 Å². The van der Waals surface area contributed by atoms with Gasteiger partial charge in [-0.1, -0.05) is 12.1 Å². The highest BCUT2D eigenvalue weighted by molar-refractivity contribution is 5.78. The Morgan fingerprint density at radius 3 is 2.67 bits per heavy atom. The van der Waals surface area contributed by atoms with E-state index in [0.29, 0.717) is 56.4 Å². The predicted octanol–water partition coefficient (Wildman–Crippen LogP) is 1.30. The molecule has 1 fully saturated rings. The monoisotopic (exact) mass is 374 g/mol. The van der Waals surface area contributed by atoms with Crippen molar-refractivity contribution in [3.05, 3.63) is 42.2 Å². The van der Waals surface area contributed by atoms with Crippen LogP contribution in [0.25, 0.3) is 11.3 Å². The first-order valence-corrected chi connectivity index (χ1v) is 8.97. The highest BCUT2D eigenvalue weighted by Gasteiger charge is 2.22. The molecule has 3 rings (SSSR count). The third-order valence-corrected chi connectivity index (χ3v) is 4.62. The summed E-state index contributed by atoms with van der Waals surface area (Å²) < 4.78 is 19.4. The minimum Gasteiger partial charge on any atom is -0.441 e. The zero-order chi connectivity index (χ0) is 19.2. The van der Waals surface area contributed by atoms with Gasteiger partial charge in [-0.15, -0.1) is 0 Å². The summed E-state index contributed by atoms with van der Waals surface area (Å²) in [4.78, 5) is 31.8. The van der Waals surface area contributed by atoms with Gasteiger partial charge < -0.3 is 14.6 Å². The van der Waals surface area contributed by atoms with Crippen molar-refractivity contribution in [1.29, 1.82) is 0 Å². The Morgan fingerprint density at radius 2 is 1.96 bits per heavy atom. The molecule has 2 amide bonds. The predicted molar refractivity (Wildman–Crippen MR) is 97.3 cm³/mol. The zero-order valence-electron chi connectivity index (χ0n) is 15.3. The molecule has 0 atom stereocenters. The fourth-order valence-corrected chi connectivity index (χ4v) is 3.02. The highest BCUT2D eigenvalue weighted by atomic mass is 19.1. The Balaban J connectivity index is 1.48. The minimum absolute atomic E-state index is 0.0238. The quantitative estimate of drug-likeness (QED) is 0.825. The molecule has 7 nitrogen and oxygen atoms in total. The van der Waals surface area contributed by atoms with E-state index in [9.17, 15) is 14.0 Å². The van der Waals surface area contributed by atoms with E-state index in [0.717, 1.165) is 0 Å². The summed E-state index contributed by atoms with van der Waals surface area (Å²) in [5.74, 6) is 0.411. The van der Waals surface area contributed by atoms with E-state index in [1.807, 2.05) is 4.90 Å². The van der Waals surface area contributed by atoms with Gasteiger partial charge >= 0.3 is 0 Å². The molecule has 0 unspecified atom stereocenters. The van der Waals surface area contributed by atoms with Crippen molar-refractivity contribution in [2.24, 2.45) is 0 Å². The molecule has 1 saturated heterocycles. The number of nitrogens with zero attached hydrogens (tertiary/aromatic N) is 3. The van der Waals surface area contributed by atoms with Crippen molar-refractivity contribution in [3.8, 4) is 11.3 Å². The first kappa shape index (κ1) is 19.0. The van der Waals surface area contributed by atoms with Crippen molar-refractivity contribution in [2.45, 2.75) is 12.8 Å². The number of nitrogens with one attached hydrogen (secondary N) is 1. The Labute approximate surface area is 157 Å². The SMILES string of the molecule is CNC(=O)CN1CCN(C(=O)CCc2ncc(-c3ccccc3F)o2)CC1. The van der Waals surface area contributed by atoms with Gasteiger partial charge in [0, 0.05) is 46.1 Å². The van der Waals surface area contributed by atoms with Gasteiger partial charge in [-0.2, -0.15) is 0 Å². The van der Waals surface area contributed by atoms with E-state index < -0.39 is 0 Å². The lowest BCUT2D eigenvalue weighted by Crippen LogP contribution is -2.50. The topological polar surface area (TPSA) is 78.7 Å². The third-order valence-electron chi connectivity index (χ3n) is 4.62. The van der Waals surface area contributed by atoms with E-state index in [2.05, 4.69) is 10.3 Å². The number of amides is 2. The van der Waals surface area contributed by atoms with E-state index in [4.69, 9.17) is 4.42 Å². The lowest BCUT2D eigenvalue weighted by molar-refractivity contribution is -0.133. The largest absolute Gasteiger partial charge is 0.441 e. The molecule has 1 aromatic heterocycles. The van der Waals surface area contributed by atoms with Gasteiger partial charge in [-0.25, -0.2) is 9.37 Å². The minimum atomic E-state index is -0.370. The molecule has 0 aliphatic carbocycles. The van der Waals surface area contributed by atoms with Crippen LogP contribution in [0.5, 0.6) is 0 Å². The molecule has 0 radical (unpaired) electrons. The Kier molecular flexibility index (Phi) is 6.18. The molecule has 2 heterocycles. The molecule has 1 N–H and O–H groups in total. The zero-order valence-corrected chi connectivity index (χ0v) is 15.3. The van der Waals surface area contributed by atoms with Crippen LogP contribution in [-0.4, -0.2) is 66.4 Å². The molecular formula is C19H23FN4O3. The first-order valence-electron chi connectivity index (χ1n) is 8.97. The van der Waals surface area contributed by atoms with E-state index >= 15 is 0 Å². The van der Waals surface area contributed by atoms with Crippen LogP contribution in [0, 0.1) is 5.82 Å². The number of carbonyl (C=O) groups excluding carboxylic acids is 2. The maximum Gasteiger partial charge on any atom is 0.233 e. The van der Waals surface area contributed by atoms with Gasteiger partial charge in [-0.3, -0.25) is 14.5 Å². The molecule has 1 aromatic carbocycles. The number of rotatable bonds is 6. The summed E-state index contributed by atoms with van der Waals surface area (Å²) in [6, 6.07) is 6.34. The van der Waals surface area contributed by atoms with Crippen LogP contribution < -0.4 is 5.32 Å². The Bertz CT molecular complexity index is 800. The second-order valence-electron chi connectivity index (χ2n) is 6.43. The van der Waals surface area contributed by atoms with Crippen LogP contribution in [0.1, 0.15) is 12.3 Å². The van der Waals surface area contributed by atoms with E-state index in [-0.39, 0.29) is 24.1 Å². The molecule has 0 spiro atoms. The maximum atomic E-state index is 13.8. The first-order chi connectivity index (χ1) is 13.1. The molecule has 0 bridgehead atoms. The van der Waals surface area contributed by atoms with Crippen LogP contribution >= 0.6 is 0 Å². The van der Waals surface area contributed by atoms with Crippen molar-refractivity contribution in [1.82, 2.24) is 20.1 Å². The normalized spacial score (nSPS) is 15.0. The van der Waals surface area contributed by atoms with Crippen LogP contribution in [0.15, 0.2) is 34.9 Å². The fourth-order valence-electron chi connectivity index (χ4n) is 3.02. The molecule has 27 heavy (non-hydrogen) atoms. The molecule has 8 heteroatoms. The summed E-state index contributed by atoms with van der Waals surface area (Å²) in [6.45, 7) is 2.91. The summed E-state index contributed by atoms with van der Waals surface area (Å²) >= 11 is 0. The van der Waals surface area contributed by atoms with Crippen LogP contribution in [0.3, 0.4) is 0 Å². The smallest absolute Gasteiger partial charge is 0.233 e. The number of aryl methyl sites for hydroxylation is 1. The number of hydrogen-bond acceptors (Lipinski definition) is 5. The van der Waals surface area contributed by atoms with Gasteiger partial charge in [0.25, 0.3) is 0 Å². The van der Waals surface area contributed by atoms with Gasteiger partial charge in [0.2, 0.25) is 11.8 Å². The average molecular weight is 374 g/mol. The number of benzene rings is 1. The van der Waals surface area contributed by atoms with Gasteiger partial charge in [0.05, 0.1) is 18.3 Å². The summed E-state index contributed by atoms with van der Waals surface area (Å²) in [7, 11) is 1.61. The second-order valence-corrected chi connectivity index (χ2v) is 6.43. The Hall–Kier alpha value is -2.74. The molecule has 1 aliphatic rings. The lowest BCUT2D eigenvalue weighted by Gasteiger charge is -2.34. The van der Waals surface area contributed by atoms with E-state index in [1.54, 1.807) is 30.1 Å². The standard InChI is InChI=1S/C19H23FN4O3/c1-21-17(25)13-23-8-10-24(11-9-23)19(26)7-6-18-22-12-16(27-18)14-4-2-3-5-15(14)20/h2-5,12H,6-11,13H2,1H3,(H,21,25). The molecule has 0 saturated carbocycles. The number of hydrogen-bond donors (Lipinski definition) is 1. The Morgan fingerprint density at radius 1 is 1.22 bits per heavy atom. The number of aromatic nitrogens is 1. The van der Waals surface area contributed by atoms with Crippen LogP contribution in [0.4, 0.5) is 4.39 Å². The van der Waals surface area contributed by atoms with Gasteiger partial charge in [0.1, 0.15) is 5.82 Å². The summed E-state index contributed by atoms with van der Waals surface area (Å²) in [6.07, 6.45) is 2.13. The number of halogens is 1. The number of oxazole rings is 1. The number of carbonyl (C=O) groups is 2. The maximum absolute atomic E-state index is 13.8. The van der Waals surface area contributed by atoms with Crippen molar-refractivity contribution in [2.75, 3.05) is 39.8 Å². The lowest BCUT2D eigenvalue weighted by atomic mass is 10.2. The average Bonchev–Trinajstić information content (AvgIpc) is 3.15.